The number of carbonyl (C=O) groups is 1. The Labute approximate surface area is 127 Å². The summed E-state index contributed by atoms with van der Waals surface area (Å²) in [5.74, 6) is -0.322. The fraction of sp³-hybridized carbons (Fsp3) is 0.188. The number of fused-ring (bicyclic) bond motifs is 1. The van der Waals surface area contributed by atoms with Crippen molar-refractivity contribution < 1.29 is 14.6 Å². The Balaban J connectivity index is 1.99. The molecule has 0 aromatic heterocycles. The van der Waals surface area contributed by atoms with Crippen LogP contribution in [-0.2, 0) is 0 Å². The number of rotatable bonds is 3. The third-order valence-electron chi connectivity index (χ3n) is 3.48. The number of nitrogens with one attached hydrogen (secondary N) is 1. The van der Waals surface area contributed by atoms with Crippen LogP contribution in [0.15, 0.2) is 42.5 Å². The minimum absolute atomic E-state index is 0.00872. The summed E-state index contributed by atoms with van der Waals surface area (Å²) in [5, 5.41) is 25.4. The van der Waals surface area contributed by atoms with Crippen molar-refractivity contribution in [1.82, 2.24) is 5.06 Å². The lowest BCUT2D eigenvalue weighted by molar-refractivity contribution is 0.0771. The van der Waals surface area contributed by atoms with Gasteiger partial charge in [-0.1, -0.05) is 18.2 Å². The molecule has 1 unspecified atom stereocenters. The van der Waals surface area contributed by atoms with Gasteiger partial charge in [0.05, 0.1) is 12.2 Å². The molecule has 1 atom stereocenters. The highest BCUT2D eigenvalue weighted by atomic mass is 16.5. The average molecular weight is 299 g/mol. The zero-order chi connectivity index (χ0) is 15.7. The van der Waals surface area contributed by atoms with Crippen molar-refractivity contribution in [3.05, 3.63) is 58.8 Å². The zero-order valence-electron chi connectivity index (χ0n) is 11.9. The van der Waals surface area contributed by atoms with Gasteiger partial charge in [0.2, 0.25) is 5.91 Å². The van der Waals surface area contributed by atoms with E-state index in [2.05, 4.69) is 5.32 Å². The van der Waals surface area contributed by atoms with Crippen molar-refractivity contribution in [1.29, 1.82) is 0 Å². The Hall–Kier alpha value is -2.73. The number of phenols is 1. The molecule has 6 nitrogen and oxygen atoms in total. The van der Waals surface area contributed by atoms with Gasteiger partial charge in [0.15, 0.2) is 11.5 Å². The number of anilines is 1. The molecular formula is C16H15N2O4-. The molecule has 0 fully saturated rings. The smallest absolute Gasteiger partial charge is 0.247 e. The van der Waals surface area contributed by atoms with Gasteiger partial charge >= 0.3 is 0 Å². The molecule has 0 radical (unpaired) electrons. The van der Waals surface area contributed by atoms with Crippen LogP contribution in [0.5, 0.6) is 11.5 Å². The second-order valence-corrected chi connectivity index (χ2v) is 4.88. The van der Waals surface area contributed by atoms with Gasteiger partial charge in [-0.05, 0) is 36.8 Å². The molecule has 0 saturated carbocycles. The number of para-hydroxylation sites is 1. The number of aromatic hydroxyl groups is 1. The van der Waals surface area contributed by atoms with Crippen molar-refractivity contribution >= 4 is 11.6 Å². The standard InChI is InChI=1S/C16H15N2O4/c1-2-22-14-9-10(7-8-13(14)19)15-17-12-6-4-3-5-11(12)16(20)18(15)21/h3-9,15,17,19H,2H2,1H3/q-1. The van der Waals surface area contributed by atoms with E-state index in [9.17, 15) is 15.1 Å². The topological polar surface area (TPSA) is 84.9 Å². The van der Waals surface area contributed by atoms with Gasteiger partial charge in [-0.3, -0.25) is 4.79 Å². The SMILES string of the molecule is CCOc1cc(C2Nc3ccccc3C(=O)N2[O-])ccc1O. The highest BCUT2D eigenvalue weighted by Crippen LogP contribution is 2.35. The van der Waals surface area contributed by atoms with E-state index in [-0.39, 0.29) is 11.5 Å². The first-order valence-corrected chi connectivity index (χ1v) is 6.93. The molecule has 0 bridgehead atoms. The van der Waals surface area contributed by atoms with E-state index in [4.69, 9.17) is 4.74 Å². The van der Waals surface area contributed by atoms with Crippen LogP contribution in [-0.4, -0.2) is 22.7 Å². The van der Waals surface area contributed by atoms with Crippen LogP contribution in [0.3, 0.4) is 0 Å². The molecule has 0 saturated heterocycles. The zero-order valence-corrected chi connectivity index (χ0v) is 11.9. The number of hydrogen-bond donors (Lipinski definition) is 2. The Morgan fingerprint density at radius 1 is 1.32 bits per heavy atom. The maximum absolute atomic E-state index is 12.2. The summed E-state index contributed by atoms with van der Waals surface area (Å²) < 4.78 is 5.32. The number of ether oxygens (including phenoxy) is 1. The summed E-state index contributed by atoms with van der Waals surface area (Å²) in [6.07, 6.45) is -0.859. The third-order valence-corrected chi connectivity index (χ3v) is 3.48. The molecule has 0 spiro atoms. The fourth-order valence-electron chi connectivity index (χ4n) is 2.43. The summed E-state index contributed by atoms with van der Waals surface area (Å²) in [7, 11) is 0. The molecule has 2 aromatic carbocycles. The van der Waals surface area contributed by atoms with E-state index in [0.29, 0.717) is 28.5 Å². The van der Waals surface area contributed by atoms with Crippen LogP contribution in [0.2, 0.25) is 0 Å². The van der Waals surface area contributed by atoms with E-state index in [1.54, 1.807) is 43.3 Å². The lowest BCUT2D eigenvalue weighted by Crippen LogP contribution is -2.38. The number of nitrogens with zero attached hydrogens (tertiary/aromatic N) is 1. The molecule has 0 aliphatic carbocycles. The first-order valence-electron chi connectivity index (χ1n) is 6.93. The van der Waals surface area contributed by atoms with Crippen molar-refractivity contribution in [3.63, 3.8) is 0 Å². The molecule has 22 heavy (non-hydrogen) atoms. The molecule has 1 amide bonds. The molecular weight excluding hydrogens is 284 g/mol. The van der Waals surface area contributed by atoms with Crippen LogP contribution in [0.25, 0.3) is 0 Å². The summed E-state index contributed by atoms with van der Waals surface area (Å²) >= 11 is 0. The summed E-state index contributed by atoms with van der Waals surface area (Å²) in [6.45, 7) is 2.18. The first kappa shape index (κ1) is 14.2. The number of hydrogen-bond acceptors (Lipinski definition) is 5. The lowest BCUT2D eigenvalue weighted by atomic mass is 10.0. The van der Waals surface area contributed by atoms with Crippen molar-refractivity contribution in [2.45, 2.75) is 13.1 Å². The maximum atomic E-state index is 12.2. The van der Waals surface area contributed by atoms with Crippen molar-refractivity contribution in [3.8, 4) is 11.5 Å². The summed E-state index contributed by atoms with van der Waals surface area (Å²) in [4.78, 5) is 12.2. The summed E-state index contributed by atoms with van der Waals surface area (Å²) in [6, 6.07) is 11.4. The normalized spacial score (nSPS) is 16.9. The second kappa shape index (κ2) is 5.57. The molecule has 2 aromatic rings. The molecule has 1 aliphatic rings. The third kappa shape index (κ3) is 2.33. The molecule has 114 valence electrons. The largest absolute Gasteiger partial charge is 0.754 e. The van der Waals surface area contributed by atoms with E-state index < -0.39 is 12.1 Å². The van der Waals surface area contributed by atoms with Crippen LogP contribution in [0.4, 0.5) is 5.69 Å². The Morgan fingerprint density at radius 2 is 2.09 bits per heavy atom. The van der Waals surface area contributed by atoms with Gasteiger partial charge in [0, 0.05) is 5.69 Å². The van der Waals surface area contributed by atoms with Gasteiger partial charge in [-0.2, -0.15) is 0 Å². The van der Waals surface area contributed by atoms with Crippen LogP contribution in [0.1, 0.15) is 29.0 Å². The Morgan fingerprint density at radius 3 is 2.86 bits per heavy atom. The van der Waals surface area contributed by atoms with Crippen molar-refractivity contribution in [2.24, 2.45) is 0 Å². The molecule has 3 rings (SSSR count). The quantitative estimate of drug-likeness (QED) is 0.910. The van der Waals surface area contributed by atoms with Gasteiger partial charge in [-0.15, -0.1) is 0 Å². The van der Waals surface area contributed by atoms with Crippen LogP contribution < -0.4 is 10.1 Å². The summed E-state index contributed by atoms with van der Waals surface area (Å²) in [5.41, 5.74) is 1.49. The van der Waals surface area contributed by atoms with Gasteiger partial charge in [0.25, 0.3) is 0 Å². The van der Waals surface area contributed by atoms with Gasteiger partial charge in [-0.25, -0.2) is 0 Å². The lowest BCUT2D eigenvalue weighted by Gasteiger charge is -2.42. The minimum atomic E-state index is -0.859. The van der Waals surface area contributed by atoms with Crippen LogP contribution >= 0.6 is 0 Å². The number of phenolic OH excluding ortho intramolecular Hbond substituents is 1. The van der Waals surface area contributed by atoms with E-state index in [1.165, 1.54) is 6.07 Å². The molecule has 2 N–H and O–H groups in total. The molecule has 6 heteroatoms. The highest BCUT2D eigenvalue weighted by molar-refractivity contribution is 6.01. The maximum Gasteiger partial charge on any atom is 0.247 e. The van der Waals surface area contributed by atoms with Gasteiger partial charge < -0.3 is 25.4 Å². The fourth-order valence-corrected chi connectivity index (χ4v) is 2.43. The van der Waals surface area contributed by atoms with Gasteiger partial charge in [0.1, 0.15) is 6.17 Å². The second-order valence-electron chi connectivity index (χ2n) is 4.88. The predicted molar refractivity (Wildman–Crippen MR) is 81.6 cm³/mol. The number of carbonyl (C=O) groups excluding carboxylic acids is 1. The van der Waals surface area contributed by atoms with E-state index in [1.807, 2.05) is 0 Å². The van der Waals surface area contributed by atoms with Crippen LogP contribution in [0, 0.1) is 5.21 Å². The minimum Gasteiger partial charge on any atom is -0.754 e. The highest BCUT2D eigenvalue weighted by Gasteiger charge is 2.27. The van der Waals surface area contributed by atoms with E-state index >= 15 is 0 Å². The Bertz CT molecular complexity index is 717. The molecule has 1 heterocycles. The van der Waals surface area contributed by atoms with Crippen molar-refractivity contribution in [2.75, 3.05) is 11.9 Å². The number of amides is 1. The predicted octanol–water partition coefficient (Wildman–Crippen LogP) is 2.86. The average Bonchev–Trinajstić information content (AvgIpc) is 2.53. The first-order chi connectivity index (χ1) is 10.6. The number of benzene rings is 2. The van der Waals surface area contributed by atoms with E-state index in [0.717, 1.165) is 0 Å². The number of hydroxylamine groups is 2. The Kier molecular flexibility index (Phi) is 3.60. The monoisotopic (exact) mass is 299 g/mol. The molecule has 1 aliphatic heterocycles.